The molecule has 6 nitrogen and oxygen atoms in total. The average Bonchev–Trinajstić information content (AvgIpc) is 2.93. The topological polar surface area (TPSA) is 57.5 Å². The van der Waals surface area contributed by atoms with E-state index in [2.05, 4.69) is 49.9 Å². The third kappa shape index (κ3) is 5.82. The first kappa shape index (κ1) is 19.4. The Balaban J connectivity index is 1.55. The van der Waals surface area contributed by atoms with E-state index in [0.717, 1.165) is 24.7 Å². The number of aromatic nitrogens is 2. The lowest BCUT2D eigenvalue weighted by Gasteiger charge is -2.22. The largest absolute Gasteiger partial charge is 0.352 e. The summed E-state index contributed by atoms with van der Waals surface area (Å²) in [6, 6.07) is 10.7. The summed E-state index contributed by atoms with van der Waals surface area (Å²) in [6.07, 6.45) is 7.21. The maximum absolute atomic E-state index is 4.34. The highest BCUT2D eigenvalue weighted by Crippen LogP contribution is 2.16. The van der Waals surface area contributed by atoms with Crippen LogP contribution in [0.25, 0.3) is 0 Å². The predicted molar refractivity (Wildman–Crippen MR) is 110 cm³/mol. The molecule has 3 rings (SSSR count). The van der Waals surface area contributed by atoms with E-state index in [1.54, 1.807) is 0 Å². The number of likely N-dealkylation sites (tertiary alicyclic amines) is 1. The molecule has 27 heavy (non-hydrogen) atoms. The van der Waals surface area contributed by atoms with E-state index >= 15 is 0 Å². The Labute approximate surface area is 162 Å². The summed E-state index contributed by atoms with van der Waals surface area (Å²) in [5.74, 6) is 0.806. The SMILES string of the molecule is CN=C(NCc1ccccc1CN1CCCCCC1)NCc1ccnn1C. The molecule has 1 aromatic carbocycles. The molecule has 1 saturated heterocycles. The van der Waals surface area contributed by atoms with E-state index in [9.17, 15) is 0 Å². The number of nitrogens with one attached hydrogen (secondary N) is 2. The van der Waals surface area contributed by atoms with Crippen molar-refractivity contribution >= 4 is 5.96 Å². The molecule has 0 amide bonds. The maximum atomic E-state index is 4.34. The van der Waals surface area contributed by atoms with Gasteiger partial charge in [-0.15, -0.1) is 0 Å². The monoisotopic (exact) mass is 368 g/mol. The molecule has 0 aliphatic carbocycles. The zero-order valence-electron chi connectivity index (χ0n) is 16.6. The van der Waals surface area contributed by atoms with Gasteiger partial charge in [-0.25, -0.2) is 0 Å². The van der Waals surface area contributed by atoms with Crippen molar-refractivity contribution in [2.24, 2.45) is 12.0 Å². The lowest BCUT2D eigenvalue weighted by atomic mass is 10.1. The molecule has 0 radical (unpaired) electrons. The second-order valence-electron chi connectivity index (χ2n) is 7.18. The van der Waals surface area contributed by atoms with Crippen LogP contribution in [0.5, 0.6) is 0 Å². The van der Waals surface area contributed by atoms with Crippen LogP contribution in [0, 0.1) is 0 Å². The highest BCUT2D eigenvalue weighted by atomic mass is 15.3. The first-order chi connectivity index (χ1) is 13.3. The first-order valence-corrected chi connectivity index (χ1v) is 9.97. The number of hydrogen-bond acceptors (Lipinski definition) is 3. The normalized spacial score (nSPS) is 16.1. The Morgan fingerprint density at radius 3 is 2.37 bits per heavy atom. The van der Waals surface area contributed by atoms with E-state index in [0.29, 0.717) is 6.54 Å². The van der Waals surface area contributed by atoms with Gasteiger partial charge in [0.1, 0.15) is 0 Å². The Bertz CT molecular complexity index is 728. The number of hydrogen-bond donors (Lipinski definition) is 2. The Hall–Kier alpha value is -2.34. The van der Waals surface area contributed by atoms with Gasteiger partial charge < -0.3 is 10.6 Å². The van der Waals surface area contributed by atoms with E-state index < -0.39 is 0 Å². The van der Waals surface area contributed by atoms with Gasteiger partial charge in [0.05, 0.1) is 12.2 Å². The van der Waals surface area contributed by atoms with Crippen LogP contribution in [0.4, 0.5) is 0 Å². The number of benzene rings is 1. The summed E-state index contributed by atoms with van der Waals surface area (Å²) in [7, 11) is 3.76. The van der Waals surface area contributed by atoms with Crippen LogP contribution in [0.3, 0.4) is 0 Å². The molecule has 0 bridgehead atoms. The summed E-state index contributed by atoms with van der Waals surface area (Å²) in [5.41, 5.74) is 3.87. The van der Waals surface area contributed by atoms with Gasteiger partial charge in [-0.2, -0.15) is 5.10 Å². The predicted octanol–water partition coefficient (Wildman–Crippen LogP) is 2.66. The molecule has 1 aromatic heterocycles. The molecule has 2 heterocycles. The van der Waals surface area contributed by atoms with Crippen LogP contribution in [-0.4, -0.2) is 40.8 Å². The van der Waals surface area contributed by atoms with Crippen molar-refractivity contribution in [3.63, 3.8) is 0 Å². The fourth-order valence-electron chi connectivity index (χ4n) is 3.57. The van der Waals surface area contributed by atoms with Crippen molar-refractivity contribution in [3.8, 4) is 0 Å². The summed E-state index contributed by atoms with van der Waals surface area (Å²) in [4.78, 5) is 6.94. The maximum Gasteiger partial charge on any atom is 0.191 e. The van der Waals surface area contributed by atoms with Gasteiger partial charge in [-0.1, -0.05) is 37.1 Å². The molecule has 1 aliphatic heterocycles. The fourth-order valence-corrected chi connectivity index (χ4v) is 3.57. The zero-order valence-corrected chi connectivity index (χ0v) is 16.6. The number of aliphatic imine (C=N–C) groups is 1. The third-order valence-corrected chi connectivity index (χ3v) is 5.24. The minimum Gasteiger partial charge on any atom is -0.352 e. The van der Waals surface area contributed by atoms with Gasteiger partial charge in [0, 0.05) is 33.4 Å². The Morgan fingerprint density at radius 1 is 1.00 bits per heavy atom. The number of aryl methyl sites for hydroxylation is 1. The average molecular weight is 369 g/mol. The quantitative estimate of drug-likeness (QED) is 0.608. The van der Waals surface area contributed by atoms with Crippen molar-refractivity contribution in [2.45, 2.75) is 45.3 Å². The minimum absolute atomic E-state index is 0.700. The summed E-state index contributed by atoms with van der Waals surface area (Å²) in [5, 5.41) is 11.0. The Kier molecular flexibility index (Phi) is 7.27. The van der Waals surface area contributed by atoms with E-state index in [1.807, 2.05) is 31.0 Å². The van der Waals surface area contributed by atoms with Crippen molar-refractivity contribution in [2.75, 3.05) is 20.1 Å². The molecule has 0 atom stereocenters. The van der Waals surface area contributed by atoms with Gasteiger partial charge >= 0.3 is 0 Å². The molecule has 0 saturated carbocycles. The summed E-state index contributed by atoms with van der Waals surface area (Å²) in [6.45, 7) is 4.95. The van der Waals surface area contributed by atoms with Crippen molar-refractivity contribution in [3.05, 3.63) is 53.3 Å². The number of rotatable bonds is 6. The van der Waals surface area contributed by atoms with Crippen LogP contribution >= 0.6 is 0 Å². The second kappa shape index (κ2) is 10.1. The summed E-state index contributed by atoms with van der Waals surface area (Å²) < 4.78 is 1.87. The molecule has 0 unspecified atom stereocenters. The van der Waals surface area contributed by atoms with Gasteiger partial charge in [-0.05, 0) is 43.1 Å². The first-order valence-electron chi connectivity index (χ1n) is 9.97. The van der Waals surface area contributed by atoms with Crippen LogP contribution in [0.15, 0.2) is 41.5 Å². The molecule has 6 heteroatoms. The standard InChI is InChI=1S/C21H32N6/c1-22-21(24-16-20-11-12-25-26(20)2)23-15-18-9-5-6-10-19(18)17-27-13-7-3-4-8-14-27/h5-6,9-12H,3-4,7-8,13-17H2,1-2H3,(H2,22,23,24). The van der Waals surface area contributed by atoms with Gasteiger partial charge in [0.2, 0.25) is 0 Å². The van der Waals surface area contributed by atoms with Gasteiger partial charge in [-0.3, -0.25) is 14.6 Å². The lowest BCUT2D eigenvalue weighted by molar-refractivity contribution is 0.276. The van der Waals surface area contributed by atoms with Crippen molar-refractivity contribution in [1.82, 2.24) is 25.3 Å². The van der Waals surface area contributed by atoms with Crippen LogP contribution in [-0.2, 0) is 26.7 Å². The highest BCUT2D eigenvalue weighted by Gasteiger charge is 2.12. The van der Waals surface area contributed by atoms with Crippen molar-refractivity contribution < 1.29 is 0 Å². The molecule has 0 spiro atoms. The highest BCUT2D eigenvalue weighted by molar-refractivity contribution is 5.79. The summed E-state index contributed by atoms with van der Waals surface area (Å²) >= 11 is 0. The van der Waals surface area contributed by atoms with Crippen LogP contribution in [0.1, 0.15) is 42.5 Å². The molecule has 2 N–H and O–H groups in total. The van der Waals surface area contributed by atoms with E-state index in [-0.39, 0.29) is 0 Å². The second-order valence-corrected chi connectivity index (χ2v) is 7.18. The van der Waals surface area contributed by atoms with E-state index in [1.165, 1.54) is 49.9 Å². The van der Waals surface area contributed by atoms with Crippen molar-refractivity contribution in [1.29, 1.82) is 0 Å². The fraction of sp³-hybridized carbons (Fsp3) is 0.524. The molecule has 146 valence electrons. The number of nitrogens with zero attached hydrogens (tertiary/aromatic N) is 4. The van der Waals surface area contributed by atoms with Crippen LogP contribution < -0.4 is 10.6 Å². The van der Waals surface area contributed by atoms with Crippen LogP contribution in [0.2, 0.25) is 0 Å². The Morgan fingerprint density at radius 2 is 1.70 bits per heavy atom. The van der Waals surface area contributed by atoms with E-state index in [4.69, 9.17) is 0 Å². The molecular weight excluding hydrogens is 336 g/mol. The van der Waals surface area contributed by atoms with Gasteiger partial charge in [0.25, 0.3) is 0 Å². The number of guanidine groups is 1. The minimum atomic E-state index is 0.700. The molecule has 1 aliphatic rings. The molecular formula is C21H32N6. The lowest BCUT2D eigenvalue weighted by Crippen LogP contribution is -2.37. The molecule has 2 aromatic rings. The zero-order chi connectivity index (χ0) is 18.9. The molecule has 1 fully saturated rings. The smallest absolute Gasteiger partial charge is 0.191 e. The van der Waals surface area contributed by atoms with Gasteiger partial charge in [0.15, 0.2) is 5.96 Å². The third-order valence-electron chi connectivity index (χ3n) is 5.24.